The summed E-state index contributed by atoms with van der Waals surface area (Å²) < 4.78 is 12.8. The predicted molar refractivity (Wildman–Crippen MR) is 104 cm³/mol. The van der Waals surface area contributed by atoms with E-state index in [9.17, 15) is 4.79 Å². The minimum atomic E-state index is -0.253. The van der Waals surface area contributed by atoms with E-state index in [-0.39, 0.29) is 17.7 Å². The van der Waals surface area contributed by atoms with Gasteiger partial charge in [-0.05, 0) is 24.3 Å². The molecule has 7 nitrogen and oxygen atoms in total. The number of hydrogen-bond acceptors (Lipinski definition) is 5. The molecular weight excluding hydrogens is 380 g/mol. The van der Waals surface area contributed by atoms with Crippen LogP contribution in [0.15, 0.2) is 54.7 Å². The summed E-state index contributed by atoms with van der Waals surface area (Å²) in [5.41, 5.74) is 1.94. The van der Waals surface area contributed by atoms with Gasteiger partial charge in [-0.15, -0.1) is 5.10 Å². The Bertz CT molecular complexity index is 991. The normalized spacial score (nSPS) is 16.8. The van der Waals surface area contributed by atoms with E-state index in [1.165, 1.54) is 4.68 Å². The van der Waals surface area contributed by atoms with E-state index in [0.717, 1.165) is 17.0 Å². The Morgan fingerprint density at radius 2 is 2.11 bits per heavy atom. The summed E-state index contributed by atoms with van der Waals surface area (Å²) in [5.74, 6) is 0.560. The molecule has 1 atom stereocenters. The molecule has 0 bridgehead atoms. The molecule has 1 saturated heterocycles. The van der Waals surface area contributed by atoms with Gasteiger partial charge in [0.25, 0.3) is 5.91 Å². The smallest absolute Gasteiger partial charge is 0.276 e. The lowest BCUT2D eigenvalue weighted by Crippen LogP contribution is -2.42. The first-order valence-corrected chi connectivity index (χ1v) is 9.25. The Morgan fingerprint density at radius 3 is 2.93 bits per heavy atom. The number of halogens is 1. The highest BCUT2D eigenvalue weighted by Gasteiger charge is 2.29. The van der Waals surface area contributed by atoms with Crippen LogP contribution < -0.4 is 4.74 Å². The van der Waals surface area contributed by atoms with Crippen molar-refractivity contribution in [2.24, 2.45) is 0 Å². The number of hydrogen-bond donors (Lipinski definition) is 0. The second-order valence-electron chi connectivity index (χ2n) is 6.38. The summed E-state index contributed by atoms with van der Waals surface area (Å²) >= 11 is 6.02. The molecule has 1 aliphatic heterocycles. The predicted octanol–water partition coefficient (Wildman–Crippen LogP) is 3.14. The van der Waals surface area contributed by atoms with Crippen LogP contribution in [0.25, 0.3) is 5.69 Å². The molecule has 0 radical (unpaired) electrons. The van der Waals surface area contributed by atoms with Gasteiger partial charge in [-0.25, -0.2) is 4.68 Å². The zero-order valence-corrected chi connectivity index (χ0v) is 16.0. The minimum absolute atomic E-state index is 0.184. The highest BCUT2D eigenvalue weighted by Crippen LogP contribution is 2.30. The lowest BCUT2D eigenvalue weighted by atomic mass is 10.1. The summed E-state index contributed by atoms with van der Waals surface area (Å²) in [5, 5.41) is 8.69. The molecule has 2 heterocycles. The Hall–Kier alpha value is -2.90. The van der Waals surface area contributed by atoms with Gasteiger partial charge in [-0.2, -0.15) is 0 Å². The third-order valence-corrected chi connectivity index (χ3v) is 4.86. The number of ether oxygens (including phenoxy) is 2. The number of para-hydroxylation sites is 1. The van der Waals surface area contributed by atoms with Crippen molar-refractivity contribution in [2.45, 2.75) is 6.10 Å². The van der Waals surface area contributed by atoms with Crippen LogP contribution in [0.4, 0.5) is 0 Å². The first-order valence-electron chi connectivity index (χ1n) is 8.88. The molecule has 4 rings (SSSR count). The highest BCUT2D eigenvalue weighted by molar-refractivity contribution is 6.30. The molecule has 1 amide bonds. The first-order chi connectivity index (χ1) is 13.7. The summed E-state index contributed by atoms with van der Waals surface area (Å²) in [4.78, 5) is 14.7. The van der Waals surface area contributed by atoms with Gasteiger partial charge >= 0.3 is 0 Å². The second-order valence-corrected chi connectivity index (χ2v) is 6.82. The summed E-state index contributed by atoms with van der Waals surface area (Å²) in [6.45, 7) is 1.36. The maximum absolute atomic E-state index is 12.9. The van der Waals surface area contributed by atoms with Crippen molar-refractivity contribution in [1.29, 1.82) is 0 Å². The van der Waals surface area contributed by atoms with Gasteiger partial charge in [0.2, 0.25) is 0 Å². The number of morpholine rings is 1. The molecule has 1 fully saturated rings. The SMILES string of the molecule is COc1ccccc1C1CN(C(=O)c2cn(-c3cccc(Cl)c3)nn2)CCO1. The Balaban J connectivity index is 1.52. The fourth-order valence-corrected chi connectivity index (χ4v) is 3.41. The third-order valence-electron chi connectivity index (χ3n) is 4.62. The molecule has 1 unspecified atom stereocenters. The standard InChI is InChI=1S/C20H19ClN4O3/c1-27-18-8-3-2-7-16(18)19-13-24(9-10-28-19)20(26)17-12-25(23-22-17)15-6-4-5-14(21)11-15/h2-8,11-12,19H,9-10,13H2,1H3. The van der Waals surface area contributed by atoms with Crippen LogP contribution in [0.5, 0.6) is 5.75 Å². The van der Waals surface area contributed by atoms with Crippen molar-refractivity contribution in [3.8, 4) is 11.4 Å². The molecule has 0 spiro atoms. The van der Waals surface area contributed by atoms with Gasteiger partial charge in [0.1, 0.15) is 11.9 Å². The molecular formula is C20H19ClN4O3. The molecule has 0 saturated carbocycles. The maximum atomic E-state index is 12.9. The third kappa shape index (κ3) is 3.72. The molecule has 2 aromatic carbocycles. The Morgan fingerprint density at radius 1 is 1.25 bits per heavy atom. The number of amides is 1. The number of methoxy groups -OCH3 is 1. The number of carbonyl (C=O) groups is 1. The number of aromatic nitrogens is 3. The van der Waals surface area contributed by atoms with Crippen LogP contribution in [0.1, 0.15) is 22.2 Å². The van der Waals surface area contributed by atoms with E-state index in [0.29, 0.717) is 24.7 Å². The van der Waals surface area contributed by atoms with Crippen molar-refractivity contribution in [3.63, 3.8) is 0 Å². The number of benzene rings is 2. The van der Waals surface area contributed by atoms with Gasteiger partial charge < -0.3 is 14.4 Å². The summed E-state index contributed by atoms with van der Waals surface area (Å²) in [6, 6.07) is 14.9. The topological polar surface area (TPSA) is 69.5 Å². The fraction of sp³-hybridized carbons (Fsp3) is 0.250. The van der Waals surface area contributed by atoms with E-state index in [1.807, 2.05) is 36.4 Å². The van der Waals surface area contributed by atoms with E-state index >= 15 is 0 Å². The fourth-order valence-electron chi connectivity index (χ4n) is 3.22. The summed E-state index contributed by atoms with van der Waals surface area (Å²) in [6.07, 6.45) is 1.36. The molecule has 1 aromatic heterocycles. The van der Waals surface area contributed by atoms with Gasteiger partial charge in [-0.1, -0.05) is 41.1 Å². The lowest BCUT2D eigenvalue weighted by Gasteiger charge is -2.33. The Labute approximate surface area is 167 Å². The molecule has 1 aliphatic rings. The van der Waals surface area contributed by atoms with Crippen molar-refractivity contribution >= 4 is 17.5 Å². The van der Waals surface area contributed by atoms with E-state index in [4.69, 9.17) is 21.1 Å². The number of rotatable bonds is 4. The van der Waals surface area contributed by atoms with Crippen molar-refractivity contribution in [1.82, 2.24) is 19.9 Å². The van der Waals surface area contributed by atoms with Crippen molar-refractivity contribution < 1.29 is 14.3 Å². The zero-order chi connectivity index (χ0) is 19.5. The van der Waals surface area contributed by atoms with Crippen LogP contribution in [0, 0.1) is 0 Å². The molecule has 3 aromatic rings. The largest absolute Gasteiger partial charge is 0.496 e. The molecule has 0 N–H and O–H groups in total. The minimum Gasteiger partial charge on any atom is -0.496 e. The quantitative estimate of drug-likeness (QED) is 0.675. The van der Waals surface area contributed by atoms with Crippen molar-refractivity contribution in [3.05, 3.63) is 71.0 Å². The van der Waals surface area contributed by atoms with E-state index < -0.39 is 0 Å². The van der Waals surface area contributed by atoms with Gasteiger partial charge in [0.15, 0.2) is 5.69 Å². The molecule has 144 valence electrons. The highest BCUT2D eigenvalue weighted by atomic mass is 35.5. The molecule has 28 heavy (non-hydrogen) atoms. The second kappa shape index (κ2) is 8.00. The van der Waals surface area contributed by atoms with Crippen LogP contribution >= 0.6 is 11.6 Å². The maximum Gasteiger partial charge on any atom is 0.276 e. The average molecular weight is 399 g/mol. The Kier molecular flexibility index (Phi) is 5.27. The van der Waals surface area contributed by atoms with E-state index in [2.05, 4.69) is 10.3 Å². The molecule has 0 aliphatic carbocycles. The monoisotopic (exact) mass is 398 g/mol. The van der Waals surface area contributed by atoms with E-state index in [1.54, 1.807) is 30.3 Å². The number of carbonyl (C=O) groups excluding carboxylic acids is 1. The van der Waals surface area contributed by atoms with Crippen molar-refractivity contribution in [2.75, 3.05) is 26.8 Å². The van der Waals surface area contributed by atoms with Gasteiger partial charge in [0.05, 0.1) is 32.1 Å². The average Bonchev–Trinajstić information content (AvgIpc) is 3.23. The van der Waals surface area contributed by atoms with Crippen LogP contribution in [0.2, 0.25) is 5.02 Å². The van der Waals surface area contributed by atoms with Gasteiger partial charge in [-0.3, -0.25) is 4.79 Å². The first kappa shape index (κ1) is 18.5. The zero-order valence-electron chi connectivity index (χ0n) is 15.3. The molecule has 8 heteroatoms. The summed E-state index contributed by atoms with van der Waals surface area (Å²) in [7, 11) is 1.62. The van der Waals surface area contributed by atoms with Crippen LogP contribution in [0.3, 0.4) is 0 Å². The van der Waals surface area contributed by atoms with Gasteiger partial charge in [0, 0.05) is 17.1 Å². The number of nitrogens with zero attached hydrogens (tertiary/aromatic N) is 4. The lowest BCUT2D eigenvalue weighted by molar-refractivity contribution is -0.0239. The van der Waals surface area contributed by atoms with Crippen LogP contribution in [-0.2, 0) is 4.74 Å². The van der Waals surface area contributed by atoms with Crippen LogP contribution in [-0.4, -0.2) is 52.6 Å².